The molecule has 1 aliphatic heterocycles. The Morgan fingerprint density at radius 2 is 2.05 bits per heavy atom. The van der Waals surface area contributed by atoms with Crippen LogP contribution < -0.4 is 10.6 Å². The third kappa shape index (κ3) is 2.20. The minimum absolute atomic E-state index is 0.238. The van der Waals surface area contributed by atoms with E-state index in [1.807, 2.05) is 13.0 Å². The molecule has 1 aromatic heterocycles. The van der Waals surface area contributed by atoms with Crippen molar-refractivity contribution in [3.8, 4) is 0 Å². The molecule has 0 spiro atoms. The van der Waals surface area contributed by atoms with E-state index in [0.29, 0.717) is 17.4 Å². The van der Waals surface area contributed by atoms with Crippen LogP contribution in [-0.4, -0.2) is 16.5 Å². The van der Waals surface area contributed by atoms with Crippen molar-refractivity contribution < 1.29 is 0 Å². The summed E-state index contributed by atoms with van der Waals surface area (Å²) in [4.78, 5) is 10.6. The van der Waals surface area contributed by atoms with Gasteiger partial charge in [0.25, 0.3) is 0 Å². The van der Waals surface area contributed by atoms with Gasteiger partial charge in [-0.2, -0.15) is 4.98 Å². The molecular weight excluding hydrogens is 272 g/mol. The lowest BCUT2D eigenvalue weighted by Crippen LogP contribution is -2.31. The van der Waals surface area contributed by atoms with Gasteiger partial charge in [0.15, 0.2) is 5.82 Å². The van der Waals surface area contributed by atoms with Gasteiger partial charge in [-0.25, -0.2) is 4.98 Å². The first kappa shape index (κ1) is 13.2. The van der Waals surface area contributed by atoms with Crippen molar-refractivity contribution in [3.05, 3.63) is 40.8 Å². The molecule has 1 atom stereocenters. The molecule has 4 nitrogen and oxygen atoms in total. The van der Waals surface area contributed by atoms with Gasteiger partial charge < -0.3 is 10.6 Å². The summed E-state index contributed by atoms with van der Waals surface area (Å²) < 4.78 is 0. The molecule has 20 heavy (non-hydrogen) atoms. The Balaban J connectivity index is 2.16. The van der Waals surface area contributed by atoms with E-state index < -0.39 is 0 Å². The standard InChI is InChI=1S/C15H17ClN4/c1-9-7-11-5-3-4-6-12(11)20(8-9)14-13(17)10(2)18-15(16)19-14/h3-6,9H,7-8,17H2,1-2H3. The minimum Gasteiger partial charge on any atom is -0.394 e. The number of nitrogens with zero attached hydrogens (tertiary/aromatic N) is 3. The van der Waals surface area contributed by atoms with Crippen LogP contribution in [0.5, 0.6) is 0 Å². The van der Waals surface area contributed by atoms with E-state index in [9.17, 15) is 0 Å². The van der Waals surface area contributed by atoms with Crippen molar-refractivity contribution in [2.24, 2.45) is 5.92 Å². The SMILES string of the molecule is Cc1nc(Cl)nc(N2CC(C)Cc3ccccc32)c1N. The van der Waals surface area contributed by atoms with Crippen LogP contribution in [0.2, 0.25) is 5.28 Å². The molecule has 104 valence electrons. The van der Waals surface area contributed by atoms with Gasteiger partial charge in [0.2, 0.25) is 5.28 Å². The molecule has 5 heteroatoms. The van der Waals surface area contributed by atoms with Gasteiger partial charge in [-0.15, -0.1) is 0 Å². The molecule has 2 aromatic rings. The molecule has 0 saturated heterocycles. The van der Waals surface area contributed by atoms with E-state index in [-0.39, 0.29) is 5.28 Å². The molecular formula is C15H17ClN4. The highest BCUT2D eigenvalue weighted by molar-refractivity contribution is 6.28. The molecule has 0 saturated carbocycles. The van der Waals surface area contributed by atoms with Gasteiger partial charge >= 0.3 is 0 Å². The Bertz CT molecular complexity index is 656. The summed E-state index contributed by atoms with van der Waals surface area (Å²) in [5.41, 5.74) is 9.95. The Hall–Kier alpha value is -1.81. The number of benzene rings is 1. The second-order valence-electron chi connectivity index (χ2n) is 5.36. The smallest absolute Gasteiger partial charge is 0.224 e. The number of hydrogen-bond donors (Lipinski definition) is 1. The fourth-order valence-electron chi connectivity index (χ4n) is 2.74. The van der Waals surface area contributed by atoms with E-state index >= 15 is 0 Å². The molecule has 2 N–H and O–H groups in total. The summed E-state index contributed by atoms with van der Waals surface area (Å²) in [5, 5.41) is 0.238. The first-order valence-electron chi connectivity index (χ1n) is 6.71. The number of para-hydroxylation sites is 1. The number of halogens is 1. The highest BCUT2D eigenvalue weighted by Gasteiger charge is 2.25. The first-order chi connectivity index (χ1) is 9.56. The number of hydrogen-bond acceptors (Lipinski definition) is 4. The van der Waals surface area contributed by atoms with Crippen LogP contribution in [0.25, 0.3) is 0 Å². The summed E-state index contributed by atoms with van der Waals surface area (Å²) >= 11 is 6.00. The second-order valence-corrected chi connectivity index (χ2v) is 5.70. The molecule has 0 aliphatic carbocycles. The van der Waals surface area contributed by atoms with Crippen LogP contribution in [0.15, 0.2) is 24.3 Å². The normalized spacial score (nSPS) is 17.9. The number of nitrogens with two attached hydrogens (primary N) is 1. The van der Waals surface area contributed by atoms with Crippen molar-refractivity contribution in [3.63, 3.8) is 0 Å². The Labute approximate surface area is 123 Å². The van der Waals surface area contributed by atoms with Crippen LogP contribution in [0.1, 0.15) is 18.2 Å². The topological polar surface area (TPSA) is 55.0 Å². The molecule has 3 rings (SSSR count). The number of rotatable bonds is 1. The van der Waals surface area contributed by atoms with Crippen molar-refractivity contribution >= 4 is 28.8 Å². The summed E-state index contributed by atoms with van der Waals surface area (Å²) in [5.74, 6) is 1.25. The summed E-state index contributed by atoms with van der Waals surface area (Å²) in [7, 11) is 0. The third-order valence-electron chi connectivity index (χ3n) is 3.69. The van der Waals surface area contributed by atoms with E-state index in [1.54, 1.807) is 0 Å². The molecule has 2 heterocycles. The maximum Gasteiger partial charge on any atom is 0.224 e. The zero-order chi connectivity index (χ0) is 14.3. The summed E-state index contributed by atoms with van der Waals surface area (Å²) in [6, 6.07) is 8.36. The molecule has 1 aliphatic rings. The molecule has 1 aromatic carbocycles. The van der Waals surface area contributed by atoms with Gasteiger partial charge in [-0.1, -0.05) is 25.1 Å². The van der Waals surface area contributed by atoms with Crippen molar-refractivity contribution in [1.82, 2.24) is 9.97 Å². The fraction of sp³-hybridized carbons (Fsp3) is 0.333. The predicted molar refractivity (Wildman–Crippen MR) is 82.5 cm³/mol. The average Bonchev–Trinajstić information content (AvgIpc) is 2.42. The van der Waals surface area contributed by atoms with Gasteiger partial charge in [0, 0.05) is 12.2 Å². The second kappa shape index (κ2) is 4.94. The molecule has 0 radical (unpaired) electrons. The molecule has 0 bridgehead atoms. The van der Waals surface area contributed by atoms with E-state index in [1.165, 1.54) is 5.56 Å². The van der Waals surface area contributed by atoms with Crippen LogP contribution in [0.3, 0.4) is 0 Å². The molecule has 0 amide bonds. The zero-order valence-electron chi connectivity index (χ0n) is 11.6. The number of aryl methyl sites for hydroxylation is 1. The third-order valence-corrected chi connectivity index (χ3v) is 3.86. The number of fused-ring (bicyclic) bond motifs is 1. The zero-order valence-corrected chi connectivity index (χ0v) is 12.4. The maximum absolute atomic E-state index is 6.16. The number of anilines is 3. The van der Waals surface area contributed by atoms with Gasteiger partial charge in [0.1, 0.15) is 0 Å². The summed E-state index contributed by atoms with van der Waals surface area (Å²) in [6.07, 6.45) is 1.07. The van der Waals surface area contributed by atoms with Crippen LogP contribution in [0, 0.1) is 12.8 Å². The van der Waals surface area contributed by atoms with Crippen molar-refractivity contribution in [1.29, 1.82) is 0 Å². The predicted octanol–water partition coefficient (Wildman–Crippen LogP) is 3.35. The lowest BCUT2D eigenvalue weighted by Gasteiger charge is -2.34. The monoisotopic (exact) mass is 288 g/mol. The summed E-state index contributed by atoms with van der Waals surface area (Å²) in [6.45, 7) is 4.97. The van der Waals surface area contributed by atoms with E-state index in [0.717, 1.165) is 24.3 Å². The van der Waals surface area contributed by atoms with Crippen LogP contribution in [0.4, 0.5) is 17.2 Å². The Kier molecular flexibility index (Phi) is 3.26. The highest BCUT2D eigenvalue weighted by atomic mass is 35.5. The largest absolute Gasteiger partial charge is 0.394 e. The number of aromatic nitrogens is 2. The molecule has 1 unspecified atom stereocenters. The van der Waals surface area contributed by atoms with Crippen molar-refractivity contribution in [2.45, 2.75) is 20.3 Å². The lowest BCUT2D eigenvalue weighted by molar-refractivity contribution is 0.560. The Morgan fingerprint density at radius 3 is 2.85 bits per heavy atom. The maximum atomic E-state index is 6.16. The van der Waals surface area contributed by atoms with Gasteiger partial charge in [-0.3, -0.25) is 0 Å². The van der Waals surface area contributed by atoms with Crippen LogP contribution >= 0.6 is 11.6 Å². The van der Waals surface area contributed by atoms with E-state index in [2.05, 4.69) is 40.0 Å². The van der Waals surface area contributed by atoms with Crippen molar-refractivity contribution in [2.75, 3.05) is 17.2 Å². The van der Waals surface area contributed by atoms with Gasteiger partial charge in [0.05, 0.1) is 11.4 Å². The highest BCUT2D eigenvalue weighted by Crippen LogP contribution is 2.37. The fourth-order valence-corrected chi connectivity index (χ4v) is 2.94. The minimum atomic E-state index is 0.238. The number of nitrogen functional groups attached to an aromatic ring is 1. The van der Waals surface area contributed by atoms with E-state index in [4.69, 9.17) is 17.3 Å². The van der Waals surface area contributed by atoms with Crippen LogP contribution in [-0.2, 0) is 6.42 Å². The lowest BCUT2D eigenvalue weighted by atomic mass is 9.94. The quantitative estimate of drug-likeness (QED) is 0.818. The first-order valence-corrected chi connectivity index (χ1v) is 7.09. The van der Waals surface area contributed by atoms with Gasteiger partial charge in [-0.05, 0) is 42.5 Å². The molecule has 0 fully saturated rings. The Morgan fingerprint density at radius 1 is 1.30 bits per heavy atom. The average molecular weight is 289 g/mol.